The average Bonchev–Trinajstić information content (AvgIpc) is 2.72. The predicted octanol–water partition coefficient (Wildman–Crippen LogP) is 2.33. The minimum Gasteiger partial charge on any atom is -0.494 e. The van der Waals surface area contributed by atoms with Crippen molar-refractivity contribution < 1.29 is 14.3 Å². The van der Waals surface area contributed by atoms with Crippen LogP contribution in [0, 0.1) is 0 Å². The van der Waals surface area contributed by atoms with Crippen molar-refractivity contribution in [2.24, 2.45) is 0 Å². The van der Waals surface area contributed by atoms with E-state index in [2.05, 4.69) is 16.2 Å². The molecular weight excluding hydrogens is 388 g/mol. The first-order valence-corrected chi connectivity index (χ1v) is 9.82. The largest absolute Gasteiger partial charge is 0.494 e. The molecule has 0 spiro atoms. The number of rotatable bonds is 9. The molecule has 0 atom stereocenters. The van der Waals surface area contributed by atoms with E-state index in [9.17, 15) is 4.79 Å². The van der Waals surface area contributed by atoms with Gasteiger partial charge in [0.05, 0.1) is 6.61 Å². The molecule has 2 rings (SSSR count). The molecule has 156 valence electrons. The highest BCUT2D eigenvalue weighted by Gasteiger charge is 2.06. The van der Waals surface area contributed by atoms with Crippen LogP contribution in [0.3, 0.4) is 0 Å². The summed E-state index contributed by atoms with van der Waals surface area (Å²) in [6.07, 6.45) is 0. The molecule has 0 radical (unpaired) electrons. The second-order valence-corrected chi connectivity index (χ2v) is 6.94. The molecule has 0 aliphatic carbocycles. The van der Waals surface area contributed by atoms with Crippen molar-refractivity contribution in [2.75, 3.05) is 33.8 Å². The van der Waals surface area contributed by atoms with Crippen molar-refractivity contribution in [1.82, 2.24) is 21.1 Å². The third kappa shape index (κ3) is 8.37. The molecule has 0 saturated carbocycles. The molecule has 3 N–H and O–H groups in total. The van der Waals surface area contributed by atoms with Crippen LogP contribution in [0.25, 0.3) is 0 Å². The van der Waals surface area contributed by atoms with Crippen LogP contribution in [0.4, 0.5) is 0 Å². The van der Waals surface area contributed by atoms with Crippen molar-refractivity contribution in [1.29, 1.82) is 0 Å². The van der Waals surface area contributed by atoms with Crippen LogP contribution in [0.5, 0.6) is 11.5 Å². The van der Waals surface area contributed by atoms with Gasteiger partial charge in [-0.2, -0.15) is 0 Å². The predicted molar refractivity (Wildman–Crippen MR) is 118 cm³/mol. The number of ether oxygens (including phenoxy) is 2. The van der Waals surface area contributed by atoms with Crippen molar-refractivity contribution in [3.63, 3.8) is 0 Å². The van der Waals surface area contributed by atoms with Crippen molar-refractivity contribution in [3.05, 3.63) is 59.7 Å². The standard InChI is InChI=1S/C21H28N4O3S/c1-4-27-18-9-11-19(12-10-18)28-15-16-5-7-17(8-6-16)20(26)23-24-21(29)22-13-14-25(2)3/h5-12H,4,13-15H2,1-3H3,(H,23,26)(H2,22,24,29). The van der Waals surface area contributed by atoms with Crippen LogP contribution < -0.4 is 25.6 Å². The summed E-state index contributed by atoms with van der Waals surface area (Å²) in [5.74, 6) is 1.31. The van der Waals surface area contributed by atoms with Crippen LogP contribution in [-0.4, -0.2) is 49.7 Å². The van der Waals surface area contributed by atoms with Gasteiger partial charge in [-0.05, 0) is 75.2 Å². The third-order valence-electron chi connectivity index (χ3n) is 3.89. The lowest BCUT2D eigenvalue weighted by atomic mass is 10.1. The van der Waals surface area contributed by atoms with E-state index in [1.54, 1.807) is 12.1 Å². The van der Waals surface area contributed by atoms with E-state index in [0.29, 0.717) is 30.4 Å². The van der Waals surface area contributed by atoms with Gasteiger partial charge in [-0.15, -0.1) is 0 Å². The monoisotopic (exact) mass is 416 g/mol. The second-order valence-electron chi connectivity index (χ2n) is 6.53. The minimum atomic E-state index is -0.263. The van der Waals surface area contributed by atoms with Gasteiger partial charge in [-0.3, -0.25) is 15.6 Å². The Bertz CT molecular complexity index is 780. The van der Waals surface area contributed by atoms with Gasteiger partial charge in [0.15, 0.2) is 5.11 Å². The third-order valence-corrected chi connectivity index (χ3v) is 4.14. The normalized spacial score (nSPS) is 10.3. The molecule has 0 aromatic heterocycles. The summed E-state index contributed by atoms with van der Waals surface area (Å²) in [6, 6.07) is 14.7. The van der Waals surface area contributed by atoms with Crippen LogP contribution in [0.15, 0.2) is 48.5 Å². The van der Waals surface area contributed by atoms with Crippen molar-refractivity contribution in [3.8, 4) is 11.5 Å². The van der Waals surface area contributed by atoms with Crippen LogP contribution in [0.2, 0.25) is 0 Å². The zero-order valence-electron chi connectivity index (χ0n) is 17.0. The van der Waals surface area contributed by atoms with E-state index in [1.165, 1.54) is 0 Å². The van der Waals surface area contributed by atoms with E-state index in [0.717, 1.165) is 23.6 Å². The highest BCUT2D eigenvalue weighted by Crippen LogP contribution is 2.18. The molecule has 29 heavy (non-hydrogen) atoms. The van der Waals surface area contributed by atoms with Gasteiger partial charge < -0.3 is 19.7 Å². The van der Waals surface area contributed by atoms with Crippen LogP contribution >= 0.6 is 12.2 Å². The number of hydrogen-bond donors (Lipinski definition) is 3. The van der Waals surface area contributed by atoms with Gasteiger partial charge in [0.25, 0.3) is 5.91 Å². The highest BCUT2D eigenvalue weighted by atomic mass is 32.1. The van der Waals surface area contributed by atoms with Gasteiger partial charge in [-0.1, -0.05) is 12.1 Å². The number of benzene rings is 2. The maximum Gasteiger partial charge on any atom is 0.269 e. The highest BCUT2D eigenvalue weighted by molar-refractivity contribution is 7.80. The van der Waals surface area contributed by atoms with Gasteiger partial charge in [0.1, 0.15) is 18.1 Å². The fourth-order valence-electron chi connectivity index (χ4n) is 2.34. The fourth-order valence-corrected chi connectivity index (χ4v) is 2.49. The molecule has 0 saturated heterocycles. The number of carbonyl (C=O) groups is 1. The van der Waals surface area contributed by atoms with Crippen LogP contribution in [-0.2, 0) is 6.61 Å². The molecule has 7 nitrogen and oxygen atoms in total. The molecule has 0 heterocycles. The van der Waals surface area contributed by atoms with Gasteiger partial charge >= 0.3 is 0 Å². The molecule has 0 aliphatic rings. The lowest BCUT2D eigenvalue weighted by Crippen LogP contribution is -2.47. The van der Waals surface area contributed by atoms with Gasteiger partial charge in [0.2, 0.25) is 0 Å². The van der Waals surface area contributed by atoms with E-state index >= 15 is 0 Å². The average molecular weight is 417 g/mol. The number of likely N-dealkylation sites (N-methyl/N-ethyl adjacent to an activating group) is 1. The Balaban J connectivity index is 1.75. The van der Waals surface area contributed by atoms with E-state index in [4.69, 9.17) is 21.7 Å². The quantitative estimate of drug-likeness (QED) is 0.428. The minimum absolute atomic E-state index is 0.263. The summed E-state index contributed by atoms with van der Waals surface area (Å²) < 4.78 is 11.2. The Hall–Kier alpha value is -2.84. The van der Waals surface area contributed by atoms with Crippen molar-refractivity contribution in [2.45, 2.75) is 13.5 Å². The number of hydrogen-bond acceptors (Lipinski definition) is 5. The van der Waals surface area contributed by atoms with E-state index in [-0.39, 0.29) is 5.91 Å². The first kappa shape index (κ1) is 22.4. The number of hydrazine groups is 1. The topological polar surface area (TPSA) is 74.9 Å². The van der Waals surface area contributed by atoms with E-state index < -0.39 is 0 Å². The molecule has 1 amide bonds. The first-order chi connectivity index (χ1) is 14.0. The number of nitrogens with zero attached hydrogens (tertiary/aromatic N) is 1. The molecule has 0 fully saturated rings. The Morgan fingerprint density at radius 2 is 1.59 bits per heavy atom. The number of amides is 1. The summed E-state index contributed by atoms with van der Waals surface area (Å²) in [6.45, 7) is 4.53. The molecule has 2 aromatic rings. The first-order valence-electron chi connectivity index (χ1n) is 9.41. The fraction of sp³-hybridized carbons (Fsp3) is 0.333. The van der Waals surface area contributed by atoms with Crippen molar-refractivity contribution >= 4 is 23.2 Å². The summed E-state index contributed by atoms with van der Waals surface area (Å²) in [7, 11) is 3.96. The smallest absolute Gasteiger partial charge is 0.269 e. The summed E-state index contributed by atoms with van der Waals surface area (Å²) in [5, 5.41) is 3.39. The van der Waals surface area contributed by atoms with Gasteiger partial charge in [-0.25, -0.2) is 0 Å². The SMILES string of the molecule is CCOc1ccc(OCc2ccc(C(=O)NNC(=S)NCCN(C)C)cc2)cc1. The molecule has 2 aromatic carbocycles. The zero-order valence-corrected chi connectivity index (χ0v) is 17.8. The second kappa shape index (κ2) is 11.9. The summed E-state index contributed by atoms with van der Waals surface area (Å²) in [5.41, 5.74) is 6.77. The number of carbonyl (C=O) groups excluding carboxylic acids is 1. The molecular formula is C21H28N4O3S. The molecule has 0 bridgehead atoms. The maximum atomic E-state index is 12.2. The maximum absolute atomic E-state index is 12.2. The summed E-state index contributed by atoms with van der Waals surface area (Å²) in [4.78, 5) is 14.2. The molecule has 0 aliphatic heterocycles. The Morgan fingerprint density at radius 3 is 2.17 bits per heavy atom. The van der Waals surface area contributed by atoms with E-state index in [1.807, 2.05) is 62.3 Å². The lowest BCUT2D eigenvalue weighted by Gasteiger charge is -2.14. The van der Waals surface area contributed by atoms with Gasteiger partial charge in [0, 0.05) is 18.7 Å². The number of thiocarbonyl (C=S) groups is 1. The Kier molecular flexibility index (Phi) is 9.20. The Morgan fingerprint density at radius 1 is 0.966 bits per heavy atom. The molecule has 0 unspecified atom stereocenters. The summed E-state index contributed by atoms with van der Waals surface area (Å²) >= 11 is 5.12. The van der Waals surface area contributed by atoms with Crippen LogP contribution in [0.1, 0.15) is 22.8 Å². The molecule has 8 heteroatoms. The Labute approximate surface area is 177 Å². The lowest BCUT2D eigenvalue weighted by molar-refractivity contribution is 0.0943. The zero-order chi connectivity index (χ0) is 21.1. The number of nitrogens with one attached hydrogen (secondary N) is 3.